The van der Waals surface area contributed by atoms with Gasteiger partial charge in [-0.25, -0.2) is 4.79 Å². The van der Waals surface area contributed by atoms with Crippen LogP contribution in [-0.4, -0.2) is 43.2 Å². The third-order valence-electron chi connectivity index (χ3n) is 3.93. The van der Waals surface area contributed by atoms with Gasteiger partial charge in [0.2, 0.25) is 0 Å². The Morgan fingerprint density at radius 3 is 2.05 bits per heavy atom. The summed E-state index contributed by atoms with van der Waals surface area (Å²) in [6.07, 6.45) is 0. The average Bonchev–Trinajstić information content (AvgIpc) is 2.37. The molecule has 2 amide bonds. The van der Waals surface area contributed by atoms with Crippen molar-refractivity contribution in [2.24, 2.45) is 0 Å². The number of rotatable bonds is 2. The summed E-state index contributed by atoms with van der Waals surface area (Å²) < 4.78 is 0. The highest BCUT2D eigenvalue weighted by molar-refractivity contribution is 5.75. The van der Waals surface area contributed by atoms with Crippen molar-refractivity contribution in [1.29, 1.82) is 0 Å². The highest BCUT2D eigenvalue weighted by Crippen LogP contribution is 2.27. The van der Waals surface area contributed by atoms with Gasteiger partial charge in [0.15, 0.2) is 0 Å². The number of urea groups is 1. The highest BCUT2D eigenvalue weighted by Gasteiger charge is 2.23. The van der Waals surface area contributed by atoms with Crippen molar-refractivity contribution in [3.63, 3.8) is 0 Å². The fourth-order valence-corrected chi connectivity index (χ4v) is 3.14. The molecule has 1 aliphatic heterocycles. The van der Waals surface area contributed by atoms with E-state index in [2.05, 4.69) is 43.1 Å². The molecule has 116 valence electrons. The molecule has 0 unspecified atom stereocenters. The van der Waals surface area contributed by atoms with E-state index in [1.54, 1.807) is 0 Å². The quantitative estimate of drug-likeness (QED) is 0.908. The molecule has 2 rings (SSSR count). The molecule has 0 saturated carbocycles. The van der Waals surface area contributed by atoms with Crippen molar-refractivity contribution >= 4 is 11.7 Å². The maximum absolute atomic E-state index is 12.0. The first kappa shape index (κ1) is 15.7. The first-order valence-corrected chi connectivity index (χ1v) is 7.76. The summed E-state index contributed by atoms with van der Waals surface area (Å²) in [5, 5.41) is 2.97. The molecule has 0 aliphatic carbocycles. The fraction of sp³-hybridized carbons (Fsp3) is 0.588. The van der Waals surface area contributed by atoms with E-state index in [1.165, 1.54) is 22.4 Å². The van der Waals surface area contributed by atoms with E-state index in [-0.39, 0.29) is 12.1 Å². The van der Waals surface area contributed by atoms with Gasteiger partial charge in [0.05, 0.1) is 0 Å². The number of carbonyl (C=O) groups excluding carboxylic acids is 1. The standard InChI is InChI=1S/C17H27N3O/c1-12(2)18-17(21)20-8-6-19(7-9-20)16-14(4)10-13(3)11-15(16)5/h10-12H,6-9H2,1-5H3,(H,18,21). The van der Waals surface area contributed by atoms with Crippen LogP contribution in [0, 0.1) is 20.8 Å². The van der Waals surface area contributed by atoms with Crippen LogP contribution in [-0.2, 0) is 0 Å². The van der Waals surface area contributed by atoms with Crippen molar-refractivity contribution in [3.05, 3.63) is 28.8 Å². The predicted octanol–water partition coefficient (Wildman–Crippen LogP) is 2.85. The van der Waals surface area contributed by atoms with Crippen molar-refractivity contribution < 1.29 is 4.79 Å². The first-order chi connectivity index (χ1) is 9.88. The second-order valence-electron chi connectivity index (χ2n) is 6.33. The van der Waals surface area contributed by atoms with Gasteiger partial charge >= 0.3 is 6.03 Å². The fourth-order valence-electron chi connectivity index (χ4n) is 3.14. The molecule has 0 bridgehead atoms. The number of carbonyl (C=O) groups is 1. The van der Waals surface area contributed by atoms with Gasteiger partial charge in [-0.15, -0.1) is 0 Å². The lowest BCUT2D eigenvalue weighted by Gasteiger charge is -2.37. The lowest BCUT2D eigenvalue weighted by atomic mass is 10.0. The third kappa shape index (κ3) is 3.69. The number of aryl methyl sites for hydroxylation is 3. The number of nitrogens with zero attached hydrogens (tertiary/aromatic N) is 2. The molecular formula is C17H27N3O. The minimum atomic E-state index is 0.0574. The maximum Gasteiger partial charge on any atom is 0.317 e. The highest BCUT2D eigenvalue weighted by atomic mass is 16.2. The van der Waals surface area contributed by atoms with Gasteiger partial charge in [0.25, 0.3) is 0 Å². The molecule has 4 heteroatoms. The second-order valence-corrected chi connectivity index (χ2v) is 6.33. The third-order valence-corrected chi connectivity index (χ3v) is 3.93. The summed E-state index contributed by atoms with van der Waals surface area (Å²) >= 11 is 0. The van der Waals surface area contributed by atoms with Crippen LogP contribution in [0.1, 0.15) is 30.5 Å². The number of benzene rings is 1. The topological polar surface area (TPSA) is 35.6 Å². The molecule has 1 fully saturated rings. The molecule has 1 saturated heterocycles. The van der Waals surface area contributed by atoms with E-state index in [9.17, 15) is 4.79 Å². The van der Waals surface area contributed by atoms with E-state index in [4.69, 9.17) is 0 Å². The summed E-state index contributed by atoms with van der Waals surface area (Å²) in [5.41, 5.74) is 5.30. The molecule has 1 aromatic rings. The number of hydrogen-bond acceptors (Lipinski definition) is 2. The molecule has 0 atom stereocenters. The zero-order valence-corrected chi connectivity index (χ0v) is 13.9. The van der Waals surface area contributed by atoms with Crippen LogP contribution in [0.25, 0.3) is 0 Å². The molecule has 0 aromatic heterocycles. The Hall–Kier alpha value is -1.71. The van der Waals surface area contributed by atoms with Crippen LogP contribution < -0.4 is 10.2 Å². The van der Waals surface area contributed by atoms with Gasteiger partial charge in [-0.2, -0.15) is 0 Å². The van der Waals surface area contributed by atoms with Crippen LogP contribution in [0.5, 0.6) is 0 Å². The zero-order valence-electron chi connectivity index (χ0n) is 13.9. The SMILES string of the molecule is Cc1cc(C)c(N2CCN(C(=O)NC(C)C)CC2)c(C)c1. The molecule has 1 N–H and O–H groups in total. The molecule has 0 spiro atoms. The van der Waals surface area contributed by atoms with Crippen LogP contribution in [0.4, 0.5) is 10.5 Å². The van der Waals surface area contributed by atoms with Gasteiger partial charge in [-0.1, -0.05) is 17.7 Å². The summed E-state index contributed by atoms with van der Waals surface area (Å²) in [6.45, 7) is 13.8. The van der Waals surface area contributed by atoms with Crippen LogP contribution in [0.15, 0.2) is 12.1 Å². The summed E-state index contributed by atoms with van der Waals surface area (Å²) in [6, 6.07) is 4.72. The van der Waals surface area contributed by atoms with E-state index >= 15 is 0 Å². The summed E-state index contributed by atoms with van der Waals surface area (Å²) in [7, 11) is 0. The summed E-state index contributed by atoms with van der Waals surface area (Å²) in [4.78, 5) is 16.3. The van der Waals surface area contributed by atoms with Crippen molar-refractivity contribution in [2.45, 2.75) is 40.7 Å². The smallest absolute Gasteiger partial charge is 0.317 e. The second kappa shape index (κ2) is 6.37. The maximum atomic E-state index is 12.0. The predicted molar refractivity (Wildman–Crippen MR) is 88.1 cm³/mol. The normalized spacial score (nSPS) is 15.5. The van der Waals surface area contributed by atoms with E-state index in [1.807, 2.05) is 18.7 Å². The average molecular weight is 289 g/mol. The Morgan fingerprint density at radius 2 is 1.57 bits per heavy atom. The lowest BCUT2D eigenvalue weighted by Crippen LogP contribution is -2.53. The Kier molecular flexibility index (Phi) is 4.76. The number of nitrogens with one attached hydrogen (secondary N) is 1. The molecule has 1 aromatic carbocycles. The zero-order chi connectivity index (χ0) is 15.6. The molecule has 4 nitrogen and oxygen atoms in total. The Labute approximate surface area is 128 Å². The van der Waals surface area contributed by atoms with Crippen LogP contribution in [0.2, 0.25) is 0 Å². The van der Waals surface area contributed by atoms with Crippen LogP contribution in [0.3, 0.4) is 0 Å². The Bertz CT molecular complexity index is 494. The number of hydrogen-bond donors (Lipinski definition) is 1. The number of piperazine rings is 1. The number of amides is 2. The minimum Gasteiger partial charge on any atom is -0.368 e. The molecule has 0 radical (unpaired) electrons. The molecular weight excluding hydrogens is 262 g/mol. The van der Waals surface area contributed by atoms with Crippen molar-refractivity contribution in [1.82, 2.24) is 10.2 Å². The van der Waals surface area contributed by atoms with E-state index < -0.39 is 0 Å². The van der Waals surface area contributed by atoms with Gasteiger partial charge in [-0.3, -0.25) is 0 Å². The van der Waals surface area contributed by atoms with E-state index in [0.29, 0.717) is 0 Å². The monoisotopic (exact) mass is 289 g/mol. The van der Waals surface area contributed by atoms with Gasteiger partial charge in [0, 0.05) is 37.9 Å². The largest absolute Gasteiger partial charge is 0.368 e. The first-order valence-electron chi connectivity index (χ1n) is 7.76. The Balaban J connectivity index is 2.03. The van der Waals surface area contributed by atoms with Gasteiger partial charge in [0.1, 0.15) is 0 Å². The van der Waals surface area contributed by atoms with E-state index in [0.717, 1.165) is 26.2 Å². The minimum absolute atomic E-state index is 0.0574. The van der Waals surface area contributed by atoms with Gasteiger partial charge in [-0.05, 0) is 45.7 Å². The summed E-state index contributed by atoms with van der Waals surface area (Å²) in [5.74, 6) is 0. The van der Waals surface area contributed by atoms with Crippen LogP contribution >= 0.6 is 0 Å². The van der Waals surface area contributed by atoms with Crippen molar-refractivity contribution in [3.8, 4) is 0 Å². The lowest BCUT2D eigenvalue weighted by molar-refractivity contribution is 0.192. The molecule has 21 heavy (non-hydrogen) atoms. The Morgan fingerprint density at radius 1 is 1.05 bits per heavy atom. The number of anilines is 1. The molecule has 1 aliphatic rings. The molecule has 1 heterocycles. The van der Waals surface area contributed by atoms with Crippen molar-refractivity contribution in [2.75, 3.05) is 31.1 Å². The van der Waals surface area contributed by atoms with Gasteiger partial charge < -0.3 is 15.1 Å².